The van der Waals surface area contributed by atoms with Crippen LogP contribution in [0.3, 0.4) is 0 Å². The number of hydrogen-bond acceptors (Lipinski definition) is 4. The van der Waals surface area contributed by atoms with Gasteiger partial charge in [-0.1, -0.05) is 48.5 Å². The summed E-state index contributed by atoms with van der Waals surface area (Å²) >= 11 is 0. The van der Waals surface area contributed by atoms with Gasteiger partial charge in [0.1, 0.15) is 11.4 Å². The molecule has 0 amide bonds. The van der Waals surface area contributed by atoms with Crippen LogP contribution in [-0.2, 0) is 6.54 Å². The van der Waals surface area contributed by atoms with Crippen LogP contribution in [0.25, 0.3) is 0 Å². The Bertz CT molecular complexity index is 992. The number of nitrogens with zero attached hydrogens (tertiary/aromatic N) is 3. The van der Waals surface area contributed by atoms with Crippen LogP contribution in [0.2, 0.25) is 0 Å². The summed E-state index contributed by atoms with van der Waals surface area (Å²) < 4.78 is 6.17. The third-order valence-electron chi connectivity index (χ3n) is 5.42. The summed E-state index contributed by atoms with van der Waals surface area (Å²) in [5.41, 5.74) is 4.52. The van der Waals surface area contributed by atoms with Gasteiger partial charge in [-0.25, -0.2) is 0 Å². The summed E-state index contributed by atoms with van der Waals surface area (Å²) in [7, 11) is 0. The lowest BCUT2D eigenvalue weighted by Crippen LogP contribution is -2.46. The zero-order chi connectivity index (χ0) is 18.8. The fourth-order valence-corrected chi connectivity index (χ4v) is 3.92. The molecule has 4 heteroatoms. The van der Waals surface area contributed by atoms with Crippen LogP contribution in [-0.4, -0.2) is 37.3 Å². The highest BCUT2D eigenvalue weighted by Crippen LogP contribution is 2.38. The maximum absolute atomic E-state index is 6.17. The summed E-state index contributed by atoms with van der Waals surface area (Å²) in [6, 6.07) is 24.9. The topological polar surface area (TPSA) is 28.1 Å². The van der Waals surface area contributed by atoms with E-state index >= 15 is 0 Å². The van der Waals surface area contributed by atoms with E-state index in [0.717, 1.165) is 55.5 Å². The van der Waals surface area contributed by atoms with Crippen molar-refractivity contribution in [2.75, 3.05) is 31.1 Å². The van der Waals surface area contributed by atoms with Crippen LogP contribution < -0.4 is 9.64 Å². The highest BCUT2D eigenvalue weighted by atomic mass is 16.5. The van der Waals surface area contributed by atoms with Crippen molar-refractivity contribution in [3.8, 4) is 11.5 Å². The minimum Gasteiger partial charge on any atom is -0.454 e. The maximum Gasteiger partial charge on any atom is 0.153 e. The van der Waals surface area contributed by atoms with Crippen molar-refractivity contribution in [3.05, 3.63) is 83.9 Å². The molecule has 1 saturated heterocycles. The number of ether oxygens (including phenoxy) is 1. The Morgan fingerprint density at radius 3 is 2.36 bits per heavy atom. The fourth-order valence-electron chi connectivity index (χ4n) is 3.92. The highest BCUT2D eigenvalue weighted by molar-refractivity contribution is 5.94. The fraction of sp³-hybridized carbons (Fsp3) is 0.208. The summed E-state index contributed by atoms with van der Waals surface area (Å²) in [4.78, 5) is 9.64. The van der Waals surface area contributed by atoms with Gasteiger partial charge in [-0.05, 0) is 29.8 Å². The molecule has 0 unspecified atom stereocenters. The number of hydrogen-bond donors (Lipinski definition) is 0. The minimum atomic E-state index is 0.808. The summed E-state index contributed by atoms with van der Waals surface area (Å²) in [5, 5.41) is 0. The Kier molecular flexibility index (Phi) is 4.55. The van der Waals surface area contributed by atoms with Crippen molar-refractivity contribution in [1.29, 1.82) is 0 Å². The molecule has 2 aliphatic rings. The van der Waals surface area contributed by atoms with Gasteiger partial charge < -0.3 is 9.64 Å². The molecule has 140 valence electrons. The van der Waals surface area contributed by atoms with Crippen molar-refractivity contribution in [2.45, 2.75) is 6.54 Å². The van der Waals surface area contributed by atoms with Crippen molar-refractivity contribution in [3.63, 3.8) is 0 Å². The molecule has 0 N–H and O–H groups in total. The zero-order valence-corrected chi connectivity index (χ0v) is 15.8. The number of anilines is 1. The van der Waals surface area contributed by atoms with Crippen molar-refractivity contribution < 1.29 is 4.74 Å². The van der Waals surface area contributed by atoms with Crippen molar-refractivity contribution in [1.82, 2.24) is 4.90 Å². The molecule has 0 aliphatic carbocycles. The average Bonchev–Trinajstić information content (AvgIpc) is 2.94. The SMILES string of the molecule is C1=Nc2ccccc2Oc2cccc(N3CCN(Cc4ccccc4)CC3)c21. The van der Waals surface area contributed by atoms with Crippen LogP contribution in [0.1, 0.15) is 11.1 Å². The number of para-hydroxylation sites is 2. The number of rotatable bonds is 3. The van der Waals surface area contributed by atoms with Crippen LogP contribution in [0.15, 0.2) is 77.8 Å². The molecule has 4 nitrogen and oxygen atoms in total. The van der Waals surface area contributed by atoms with E-state index in [1.54, 1.807) is 0 Å². The molecule has 0 spiro atoms. The first-order valence-electron chi connectivity index (χ1n) is 9.82. The van der Waals surface area contributed by atoms with Gasteiger partial charge in [-0.3, -0.25) is 9.89 Å². The summed E-state index contributed by atoms with van der Waals surface area (Å²) in [5.74, 6) is 1.68. The van der Waals surface area contributed by atoms with Gasteiger partial charge in [-0.2, -0.15) is 0 Å². The Hall–Kier alpha value is -3.11. The Morgan fingerprint density at radius 2 is 1.50 bits per heavy atom. The molecule has 2 heterocycles. The second-order valence-electron chi connectivity index (χ2n) is 7.27. The molecule has 3 aromatic rings. The van der Waals surface area contributed by atoms with Crippen LogP contribution in [0, 0.1) is 0 Å². The molecule has 3 aromatic carbocycles. The first-order valence-corrected chi connectivity index (χ1v) is 9.82. The van der Waals surface area contributed by atoms with E-state index in [2.05, 4.69) is 57.3 Å². The second-order valence-corrected chi connectivity index (χ2v) is 7.27. The van der Waals surface area contributed by atoms with Gasteiger partial charge >= 0.3 is 0 Å². The second kappa shape index (κ2) is 7.49. The van der Waals surface area contributed by atoms with E-state index in [9.17, 15) is 0 Å². The molecule has 0 radical (unpaired) electrons. The lowest BCUT2D eigenvalue weighted by Gasteiger charge is -2.37. The normalized spacial score (nSPS) is 16.1. The summed E-state index contributed by atoms with van der Waals surface area (Å²) in [6.07, 6.45) is 1.95. The lowest BCUT2D eigenvalue weighted by atomic mass is 10.1. The standard InChI is InChI=1S/C24H23N3O/c1-2-7-19(8-3-1)18-26-13-15-27(16-14-26)22-10-6-12-23-20(22)17-25-21-9-4-5-11-24(21)28-23/h1-12,17H,13-16,18H2. The molecule has 5 rings (SSSR count). The number of benzene rings is 3. The average molecular weight is 369 g/mol. The minimum absolute atomic E-state index is 0.808. The number of aliphatic imine (C=N–C) groups is 1. The first kappa shape index (κ1) is 17.0. The van der Waals surface area contributed by atoms with Crippen molar-refractivity contribution >= 4 is 17.6 Å². The Morgan fingerprint density at radius 1 is 0.750 bits per heavy atom. The lowest BCUT2D eigenvalue weighted by molar-refractivity contribution is 0.250. The van der Waals surface area contributed by atoms with Gasteiger partial charge in [-0.15, -0.1) is 0 Å². The van der Waals surface area contributed by atoms with E-state index in [-0.39, 0.29) is 0 Å². The van der Waals surface area contributed by atoms with Gasteiger partial charge in [0.25, 0.3) is 0 Å². The molecule has 1 fully saturated rings. The smallest absolute Gasteiger partial charge is 0.153 e. The molecule has 2 aliphatic heterocycles. The largest absolute Gasteiger partial charge is 0.454 e. The van der Waals surface area contributed by atoms with E-state index < -0.39 is 0 Å². The molecular weight excluding hydrogens is 346 g/mol. The van der Waals surface area contributed by atoms with Gasteiger partial charge in [0.2, 0.25) is 0 Å². The molecule has 28 heavy (non-hydrogen) atoms. The molecule has 0 atom stereocenters. The van der Waals surface area contributed by atoms with E-state index in [0.29, 0.717) is 0 Å². The zero-order valence-electron chi connectivity index (χ0n) is 15.8. The predicted molar refractivity (Wildman–Crippen MR) is 114 cm³/mol. The van der Waals surface area contributed by atoms with Crippen LogP contribution >= 0.6 is 0 Å². The van der Waals surface area contributed by atoms with Gasteiger partial charge in [0.05, 0.1) is 5.56 Å². The summed E-state index contributed by atoms with van der Waals surface area (Å²) in [6.45, 7) is 5.13. The number of fused-ring (bicyclic) bond motifs is 2. The molecular formula is C24H23N3O. The Balaban J connectivity index is 1.34. The van der Waals surface area contributed by atoms with Gasteiger partial charge in [0, 0.05) is 44.6 Å². The molecule has 0 aromatic heterocycles. The monoisotopic (exact) mass is 369 g/mol. The maximum atomic E-state index is 6.17. The molecule has 0 saturated carbocycles. The van der Waals surface area contributed by atoms with Crippen LogP contribution in [0.5, 0.6) is 11.5 Å². The third kappa shape index (κ3) is 3.39. The van der Waals surface area contributed by atoms with E-state index in [4.69, 9.17) is 4.74 Å². The van der Waals surface area contributed by atoms with Gasteiger partial charge in [0.15, 0.2) is 5.75 Å². The predicted octanol–water partition coefficient (Wildman–Crippen LogP) is 4.87. The van der Waals surface area contributed by atoms with Crippen molar-refractivity contribution in [2.24, 2.45) is 4.99 Å². The highest BCUT2D eigenvalue weighted by Gasteiger charge is 2.22. The number of piperazine rings is 1. The Labute approximate surface area is 165 Å². The van der Waals surface area contributed by atoms with Crippen LogP contribution in [0.4, 0.5) is 11.4 Å². The van der Waals surface area contributed by atoms with E-state index in [1.807, 2.05) is 36.5 Å². The van der Waals surface area contributed by atoms with E-state index in [1.165, 1.54) is 11.3 Å². The quantitative estimate of drug-likeness (QED) is 0.516. The third-order valence-corrected chi connectivity index (χ3v) is 5.42. The first-order chi connectivity index (χ1) is 13.9. The molecule has 0 bridgehead atoms.